The molecular weight excluding hydrogens is 574 g/mol. The molecule has 0 atom stereocenters. The number of anilines is 1. The summed E-state index contributed by atoms with van der Waals surface area (Å²) in [7, 11) is 3.76. The fraction of sp³-hybridized carbons (Fsp3) is 0.370. The Morgan fingerprint density at radius 3 is 2.74 bits per heavy atom. The summed E-state index contributed by atoms with van der Waals surface area (Å²) in [6, 6.07) is 5.71. The Balaban J connectivity index is 1.44. The van der Waals surface area contributed by atoms with Crippen molar-refractivity contribution in [2.45, 2.75) is 31.6 Å². The molecule has 3 aromatic heterocycles. The van der Waals surface area contributed by atoms with Crippen molar-refractivity contribution in [3.8, 4) is 17.0 Å². The molecule has 15 heteroatoms. The fourth-order valence-electron chi connectivity index (χ4n) is 5.01. The summed E-state index contributed by atoms with van der Waals surface area (Å²) >= 11 is 6.19. The average Bonchev–Trinajstić information content (AvgIpc) is 3.53. The minimum atomic E-state index is -3.12. The van der Waals surface area contributed by atoms with Crippen LogP contribution in [0.1, 0.15) is 23.2 Å². The molecule has 222 valence electrons. The normalized spacial score (nSPS) is 15.0. The maximum absolute atomic E-state index is 13.3. The van der Waals surface area contributed by atoms with Crippen molar-refractivity contribution in [3.63, 3.8) is 0 Å². The smallest absolute Gasteiger partial charge is 0.387 e. The Morgan fingerprint density at radius 2 is 2.02 bits per heavy atom. The molecule has 0 radical (unpaired) electrons. The number of carbonyl (C=O) groups excluding carboxylic acids is 2. The highest BCUT2D eigenvalue weighted by atomic mass is 35.5. The van der Waals surface area contributed by atoms with E-state index in [-0.39, 0.29) is 45.7 Å². The number of halogens is 3. The molecule has 42 heavy (non-hydrogen) atoms. The van der Waals surface area contributed by atoms with Crippen LogP contribution in [0, 0.1) is 0 Å². The summed E-state index contributed by atoms with van der Waals surface area (Å²) in [6.45, 7) is -2.10. The molecule has 5 rings (SSSR count). The standard InChI is InChI=1S/C27H29ClF2N8O4/c1-35(2)16-27(41)6-10-36(11-7-27)22(39)15-37-14-20(33-25(40)19-13-32-38-9-3-8-31-24(19)38)23(34-37)18-12-17(28)4-5-21(18)42-26(29)30/h3-5,8-9,12-14,26,41H,6-7,10-11,15-16H2,1-2H3,(H,33,40). The molecule has 12 nitrogen and oxygen atoms in total. The number of carbonyl (C=O) groups is 2. The molecule has 0 bridgehead atoms. The zero-order valence-electron chi connectivity index (χ0n) is 22.9. The lowest BCUT2D eigenvalue weighted by atomic mass is 9.91. The number of nitrogens with one attached hydrogen (secondary N) is 1. The Labute approximate surface area is 244 Å². The van der Waals surface area contributed by atoms with E-state index >= 15 is 0 Å². The first-order valence-electron chi connectivity index (χ1n) is 13.1. The van der Waals surface area contributed by atoms with Crippen molar-refractivity contribution in [2.24, 2.45) is 0 Å². The quantitative estimate of drug-likeness (QED) is 0.299. The number of nitrogens with zero attached hydrogens (tertiary/aromatic N) is 7. The number of piperidine rings is 1. The van der Waals surface area contributed by atoms with E-state index in [1.54, 1.807) is 17.2 Å². The second-order valence-corrected chi connectivity index (χ2v) is 10.8. The van der Waals surface area contributed by atoms with Gasteiger partial charge in [0.25, 0.3) is 5.91 Å². The minimum absolute atomic E-state index is 0.0673. The molecule has 0 saturated carbocycles. The van der Waals surface area contributed by atoms with Crippen LogP contribution in [0.5, 0.6) is 5.75 Å². The van der Waals surface area contributed by atoms with Gasteiger partial charge in [-0.3, -0.25) is 14.3 Å². The molecule has 4 aromatic rings. The van der Waals surface area contributed by atoms with Gasteiger partial charge in [0, 0.05) is 48.8 Å². The monoisotopic (exact) mass is 602 g/mol. The third kappa shape index (κ3) is 6.50. The molecule has 2 N–H and O–H groups in total. The van der Waals surface area contributed by atoms with Crippen LogP contribution >= 0.6 is 11.6 Å². The predicted molar refractivity (Wildman–Crippen MR) is 150 cm³/mol. The van der Waals surface area contributed by atoms with Crippen molar-refractivity contribution >= 4 is 34.7 Å². The number of rotatable bonds is 9. The van der Waals surface area contributed by atoms with Gasteiger partial charge in [0.1, 0.15) is 23.6 Å². The number of hydrogen-bond donors (Lipinski definition) is 2. The van der Waals surface area contributed by atoms with Gasteiger partial charge in [0.15, 0.2) is 5.65 Å². The summed E-state index contributed by atoms with van der Waals surface area (Å²) in [4.78, 5) is 34.2. The van der Waals surface area contributed by atoms with Crippen molar-refractivity contribution in [1.82, 2.24) is 34.2 Å². The van der Waals surface area contributed by atoms with Gasteiger partial charge in [0.2, 0.25) is 5.91 Å². The summed E-state index contributed by atoms with van der Waals surface area (Å²) in [5.74, 6) is -1.04. The number of fused-ring (bicyclic) bond motifs is 1. The van der Waals surface area contributed by atoms with E-state index < -0.39 is 18.1 Å². The van der Waals surface area contributed by atoms with E-state index in [1.807, 2.05) is 19.0 Å². The van der Waals surface area contributed by atoms with Gasteiger partial charge >= 0.3 is 6.61 Å². The van der Waals surface area contributed by atoms with Crippen LogP contribution in [-0.4, -0.2) is 97.0 Å². The number of amides is 2. The van der Waals surface area contributed by atoms with Crippen molar-refractivity contribution in [3.05, 3.63) is 59.6 Å². The van der Waals surface area contributed by atoms with E-state index in [9.17, 15) is 23.5 Å². The number of aliphatic hydroxyl groups is 1. The van der Waals surface area contributed by atoms with Crippen molar-refractivity contribution < 1.29 is 28.2 Å². The molecule has 1 saturated heterocycles. The number of alkyl halides is 2. The topological polar surface area (TPSA) is 130 Å². The molecule has 2 amide bonds. The summed E-state index contributed by atoms with van der Waals surface area (Å²) in [5, 5.41) is 22.4. The van der Waals surface area contributed by atoms with Crippen LogP contribution in [0.25, 0.3) is 16.9 Å². The lowest BCUT2D eigenvalue weighted by molar-refractivity contribution is -0.136. The molecule has 0 unspecified atom stereocenters. The zero-order chi connectivity index (χ0) is 30.0. The number of benzene rings is 1. The second-order valence-electron chi connectivity index (χ2n) is 10.4. The van der Waals surface area contributed by atoms with Crippen LogP contribution in [0.15, 0.2) is 49.1 Å². The van der Waals surface area contributed by atoms with Gasteiger partial charge in [-0.2, -0.15) is 19.0 Å². The molecule has 1 aromatic carbocycles. The highest BCUT2D eigenvalue weighted by molar-refractivity contribution is 6.31. The second kappa shape index (κ2) is 12.0. The van der Waals surface area contributed by atoms with Gasteiger partial charge in [-0.25, -0.2) is 9.50 Å². The SMILES string of the molecule is CN(C)CC1(O)CCN(C(=O)Cn2cc(NC(=O)c3cnn4cccnc34)c(-c3cc(Cl)ccc3OC(F)F)n2)CC1. The molecule has 0 spiro atoms. The van der Waals surface area contributed by atoms with Gasteiger partial charge < -0.3 is 25.0 Å². The van der Waals surface area contributed by atoms with Crippen molar-refractivity contribution in [1.29, 1.82) is 0 Å². The third-order valence-electron chi connectivity index (χ3n) is 6.90. The van der Waals surface area contributed by atoms with Crippen LogP contribution < -0.4 is 10.1 Å². The number of ether oxygens (including phenoxy) is 1. The number of hydrogen-bond acceptors (Lipinski definition) is 8. The maximum atomic E-state index is 13.3. The van der Waals surface area contributed by atoms with Crippen LogP contribution in [-0.2, 0) is 11.3 Å². The van der Waals surface area contributed by atoms with Crippen molar-refractivity contribution in [2.75, 3.05) is 39.0 Å². The van der Waals surface area contributed by atoms with Gasteiger partial charge in [0.05, 0.1) is 17.5 Å². The van der Waals surface area contributed by atoms with E-state index in [0.29, 0.717) is 38.1 Å². The van der Waals surface area contributed by atoms with Gasteiger partial charge in [-0.05, 0) is 51.2 Å². The molecule has 0 aliphatic carbocycles. The maximum Gasteiger partial charge on any atom is 0.387 e. The van der Waals surface area contributed by atoms with E-state index in [2.05, 4.69) is 20.5 Å². The first-order chi connectivity index (χ1) is 20.0. The molecule has 1 aliphatic heterocycles. The van der Waals surface area contributed by atoms with E-state index in [1.165, 1.54) is 46.0 Å². The number of likely N-dealkylation sites (N-methyl/N-ethyl adjacent to an activating group) is 1. The summed E-state index contributed by atoms with van der Waals surface area (Å²) in [5.41, 5.74) is -0.116. The minimum Gasteiger partial charge on any atom is -0.434 e. The highest BCUT2D eigenvalue weighted by Crippen LogP contribution is 2.37. The van der Waals surface area contributed by atoms with Crippen LogP contribution in [0.4, 0.5) is 14.5 Å². The first-order valence-corrected chi connectivity index (χ1v) is 13.5. The molecule has 1 fully saturated rings. The third-order valence-corrected chi connectivity index (χ3v) is 7.14. The van der Waals surface area contributed by atoms with Gasteiger partial charge in [-0.15, -0.1) is 0 Å². The molecular formula is C27H29ClF2N8O4. The summed E-state index contributed by atoms with van der Waals surface area (Å²) < 4.78 is 33.9. The Hall–Kier alpha value is -4.14. The Bertz CT molecular complexity index is 1600. The largest absolute Gasteiger partial charge is 0.434 e. The molecule has 1 aliphatic rings. The fourth-order valence-corrected chi connectivity index (χ4v) is 5.19. The van der Waals surface area contributed by atoms with E-state index in [4.69, 9.17) is 16.3 Å². The van der Waals surface area contributed by atoms with Crippen LogP contribution in [0.2, 0.25) is 5.02 Å². The van der Waals surface area contributed by atoms with Crippen LogP contribution in [0.3, 0.4) is 0 Å². The van der Waals surface area contributed by atoms with E-state index in [0.717, 1.165) is 0 Å². The lowest BCUT2D eigenvalue weighted by Gasteiger charge is -2.39. The lowest BCUT2D eigenvalue weighted by Crippen LogP contribution is -2.51. The first kappa shape index (κ1) is 29.4. The Kier molecular flexibility index (Phi) is 8.38. The Morgan fingerprint density at radius 1 is 1.26 bits per heavy atom. The zero-order valence-corrected chi connectivity index (χ0v) is 23.6. The molecule has 4 heterocycles. The summed E-state index contributed by atoms with van der Waals surface area (Å²) in [6.07, 6.45) is 6.79. The number of aromatic nitrogens is 5. The number of likely N-dealkylation sites (tertiary alicyclic amines) is 1. The van der Waals surface area contributed by atoms with Gasteiger partial charge in [-0.1, -0.05) is 11.6 Å². The highest BCUT2D eigenvalue weighted by Gasteiger charge is 2.34. The predicted octanol–water partition coefficient (Wildman–Crippen LogP) is 3.02. The average molecular weight is 603 g/mol.